The number of rotatable bonds is 7. The van der Waals surface area contributed by atoms with Crippen LogP contribution in [0.5, 0.6) is 11.5 Å². The van der Waals surface area contributed by atoms with E-state index < -0.39 is 0 Å². The molecule has 7 nitrogen and oxygen atoms in total. The molecule has 0 bridgehead atoms. The minimum absolute atomic E-state index is 0.191. The van der Waals surface area contributed by atoms with Crippen molar-refractivity contribution in [1.82, 2.24) is 14.8 Å². The molecule has 1 aromatic carbocycles. The molecular formula is C15H19N3O4S. The first-order valence-corrected chi connectivity index (χ1v) is 7.97. The van der Waals surface area contributed by atoms with E-state index in [1.807, 2.05) is 23.6 Å². The number of nitrogens with zero attached hydrogens (tertiary/aromatic N) is 3. The Morgan fingerprint density at radius 2 is 1.78 bits per heavy atom. The van der Waals surface area contributed by atoms with Gasteiger partial charge in [0, 0.05) is 18.2 Å². The standard InChI is InChI=1S/C15H19N3O4S/c1-5-18-14(16-17-15(18)23-9-13(19)22-4)10-6-11(20-2)8-12(7-10)21-3/h6-8H,5,9H2,1-4H3. The molecule has 0 N–H and O–H groups in total. The summed E-state index contributed by atoms with van der Waals surface area (Å²) in [7, 11) is 4.56. The zero-order chi connectivity index (χ0) is 16.8. The smallest absolute Gasteiger partial charge is 0.316 e. The molecule has 0 aliphatic carbocycles. The van der Waals surface area contributed by atoms with Crippen molar-refractivity contribution in [3.05, 3.63) is 18.2 Å². The molecule has 0 aliphatic rings. The second-order valence-corrected chi connectivity index (χ2v) is 5.46. The van der Waals surface area contributed by atoms with Crippen molar-refractivity contribution < 1.29 is 19.0 Å². The van der Waals surface area contributed by atoms with Crippen molar-refractivity contribution in [3.8, 4) is 22.9 Å². The maximum atomic E-state index is 11.3. The van der Waals surface area contributed by atoms with E-state index in [9.17, 15) is 4.79 Å². The Morgan fingerprint density at radius 1 is 1.13 bits per heavy atom. The predicted molar refractivity (Wildman–Crippen MR) is 87.0 cm³/mol. The van der Waals surface area contributed by atoms with Gasteiger partial charge in [-0.05, 0) is 19.1 Å². The molecule has 0 amide bonds. The third-order valence-corrected chi connectivity index (χ3v) is 4.13. The van der Waals surface area contributed by atoms with Crippen LogP contribution in [-0.2, 0) is 16.1 Å². The van der Waals surface area contributed by atoms with E-state index in [4.69, 9.17) is 9.47 Å². The summed E-state index contributed by atoms with van der Waals surface area (Å²) in [5.74, 6) is 1.93. The molecule has 0 atom stereocenters. The van der Waals surface area contributed by atoms with Crippen LogP contribution >= 0.6 is 11.8 Å². The first-order valence-electron chi connectivity index (χ1n) is 6.99. The molecule has 124 valence electrons. The van der Waals surface area contributed by atoms with E-state index in [-0.39, 0.29) is 11.7 Å². The molecular weight excluding hydrogens is 318 g/mol. The topological polar surface area (TPSA) is 75.5 Å². The average molecular weight is 337 g/mol. The highest BCUT2D eigenvalue weighted by atomic mass is 32.2. The first-order chi connectivity index (χ1) is 11.1. The monoisotopic (exact) mass is 337 g/mol. The van der Waals surface area contributed by atoms with Gasteiger partial charge in [-0.15, -0.1) is 10.2 Å². The van der Waals surface area contributed by atoms with Crippen LogP contribution in [-0.4, -0.2) is 47.8 Å². The Balaban J connectivity index is 2.36. The number of thioether (sulfide) groups is 1. The quantitative estimate of drug-likeness (QED) is 0.566. The Kier molecular flexibility index (Phi) is 5.86. The van der Waals surface area contributed by atoms with Crippen molar-refractivity contribution in [2.45, 2.75) is 18.6 Å². The van der Waals surface area contributed by atoms with Crippen LogP contribution in [0.4, 0.5) is 0 Å². The molecule has 2 aromatic rings. The molecule has 0 fully saturated rings. The average Bonchev–Trinajstić information content (AvgIpc) is 3.01. The normalized spacial score (nSPS) is 10.4. The molecule has 1 aromatic heterocycles. The molecule has 0 aliphatic heterocycles. The summed E-state index contributed by atoms with van der Waals surface area (Å²) in [6, 6.07) is 5.53. The molecule has 23 heavy (non-hydrogen) atoms. The number of benzene rings is 1. The van der Waals surface area contributed by atoms with Gasteiger partial charge in [-0.2, -0.15) is 0 Å². The second kappa shape index (κ2) is 7.87. The lowest BCUT2D eigenvalue weighted by atomic mass is 10.2. The van der Waals surface area contributed by atoms with E-state index in [0.717, 1.165) is 5.56 Å². The molecule has 0 saturated carbocycles. The third kappa shape index (κ3) is 3.95. The van der Waals surface area contributed by atoms with Crippen molar-refractivity contribution in [2.75, 3.05) is 27.1 Å². The highest BCUT2D eigenvalue weighted by Crippen LogP contribution is 2.30. The Morgan fingerprint density at radius 3 is 2.30 bits per heavy atom. The fraction of sp³-hybridized carbons (Fsp3) is 0.400. The van der Waals surface area contributed by atoms with E-state index in [1.165, 1.54) is 18.9 Å². The summed E-state index contributed by atoms with van der Waals surface area (Å²) in [4.78, 5) is 11.3. The van der Waals surface area contributed by atoms with Crippen LogP contribution < -0.4 is 9.47 Å². The third-order valence-electron chi connectivity index (χ3n) is 3.19. The van der Waals surface area contributed by atoms with Gasteiger partial charge in [-0.25, -0.2) is 0 Å². The van der Waals surface area contributed by atoms with Crippen molar-refractivity contribution in [3.63, 3.8) is 0 Å². The fourth-order valence-corrected chi connectivity index (χ4v) is 2.85. The molecule has 2 rings (SSSR count). The first kappa shape index (κ1) is 17.1. The van der Waals surface area contributed by atoms with Gasteiger partial charge >= 0.3 is 5.97 Å². The number of carbonyl (C=O) groups is 1. The summed E-state index contributed by atoms with van der Waals surface area (Å²) < 4.78 is 17.2. The summed E-state index contributed by atoms with van der Waals surface area (Å²) in [6.07, 6.45) is 0. The van der Waals surface area contributed by atoms with Crippen LogP contribution in [0.3, 0.4) is 0 Å². The molecule has 1 heterocycles. The number of aromatic nitrogens is 3. The lowest BCUT2D eigenvalue weighted by molar-refractivity contribution is -0.137. The maximum absolute atomic E-state index is 11.3. The number of methoxy groups -OCH3 is 3. The van der Waals surface area contributed by atoms with Gasteiger partial charge in [0.1, 0.15) is 11.5 Å². The minimum atomic E-state index is -0.301. The Labute approximate surface area is 138 Å². The van der Waals surface area contributed by atoms with E-state index in [1.54, 1.807) is 20.3 Å². The van der Waals surface area contributed by atoms with Crippen LogP contribution in [0.15, 0.2) is 23.4 Å². The highest BCUT2D eigenvalue weighted by Gasteiger charge is 2.16. The zero-order valence-corrected chi connectivity index (χ0v) is 14.3. The number of hydrogen-bond donors (Lipinski definition) is 0. The van der Waals surface area contributed by atoms with Gasteiger partial charge in [-0.1, -0.05) is 11.8 Å². The molecule has 8 heteroatoms. The molecule has 0 unspecified atom stereocenters. The van der Waals surface area contributed by atoms with E-state index >= 15 is 0 Å². The maximum Gasteiger partial charge on any atom is 0.316 e. The van der Waals surface area contributed by atoms with Crippen molar-refractivity contribution in [2.24, 2.45) is 0 Å². The van der Waals surface area contributed by atoms with Crippen molar-refractivity contribution in [1.29, 1.82) is 0 Å². The van der Waals surface area contributed by atoms with Crippen LogP contribution in [0.25, 0.3) is 11.4 Å². The van der Waals surface area contributed by atoms with Gasteiger partial charge in [0.05, 0.1) is 27.1 Å². The highest BCUT2D eigenvalue weighted by molar-refractivity contribution is 7.99. The number of carbonyl (C=O) groups excluding carboxylic acids is 1. The molecule has 0 saturated heterocycles. The lowest BCUT2D eigenvalue weighted by Gasteiger charge is -2.10. The Bertz CT molecular complexity index is 665. The summed E-state index contributed by atoms with van der Waals surface area (Å²) >= 11 is 1.29. The number of ether oxygens (including phenoxy) is 3. The van der Waals surface area contributed by atoms with Gasteiger partial charge < -0.3 is 18.8 Å². The van der Waals surface area contributed by atoms with Crippen LogP contribution in [0.2, 0.25) is 0 Å². The van der Waals surface area contributed by atoms with Gasteiger partial charge in [-0.3, -0.25) is 4.79 Å². The number of esters is 1. The minimum Gasteiger partial charge on any atom is -0.497 e. The second-order valence-electron chi connectivity index (χ2n) is 4.52. The zero-order valence-electron chi connectivity index (χ0n) is 13.5. The van der Waals surface area contributed by atoms with Gasteiger partial charge in [0.25, 0.3) is 0 Å². The van der Waals surface area contributed by atoms with Crippen LogP contribution in [0.1, 0.15) is 6.92 Å². The van der Waals surface area contributed by atoms with Crippen molar-refractivity contribution >= 4 is 17.7 Å². The number of hydrogen-bond acceptors (Lipinski definition) is 7. The summed E-state index contributed by atoms with van der Waals surface area (Å²) in [6.45, 7) is 2.66. The van der Waals surface area contributed by atoms with Crippen LogP contribution in [0, 0.1) is 0 Å². The SMILES string of the molecule is CCn1c(SCC(=O)OC)nnc1-c1cc(OC)cc(OC)c1. The molecule has 0 spiro atoms. The summed E-state index contributed by atoms with van der Waals surface area (Å²) in [5.41, 5.74) is 0.834. The Hall–Kier alpha value is -2.22. The van der Waals surface area contributed by atoms with E-state index in [0.29, 0.717) is 29.0 Å². The molecule has 0 radical (unpaired) electrons. The fourth-order valence-electron chi connectivity index (χ4n) is 2.01. The largest absolute Gasteiger partial charge is 0.497 e. The summed E-state index contributed by atoms with van der Waals surface area (Å²) in [5, 5.41) is 9.07. The van der Waals surface area contributed by atoms with Gasteiger partial charge in [0.2, 0.25) is 0 Å². The van der Waals surface area contributed by atoms with Gasteiger partial charge in [0.15, 0.2) is 11.0 Å². The lowest BCUT2D eigenvalue weighted by Crippen LogP contribution is -2.06. The van der Waals surface area contributed by atoms with E-state index in [2.05, 4.69) is 14.9 Å². The predicted octanol–water partition coefficient (Wildman–Crippen LogP) is 2.25.